The summed E-state index contributed by atoms with van der Waals surface area (Å²) in [5.41, 5.74) is 1.02. The van der Waals surface area contributed by atoms with Crippen LogP contribution < -0.4 is 0 Å². The molecule has 0 radical (unpaired) electrons. The molecule has 0 spiro atoms. The molecule has 242 valence electrons. The number of carbonyl (C=O) groups excluding carboxylic acids is 6. The maximum absolute atomic E-state index is 13.5. The quantitative estimate of drug-likeness (QED) is 0.211. The van der Waals surface area contributed by atoms with Gasteiger partial charge in [-0.3, -0.25) is 29.0 Å². The summed E-state index contributed by atoms with van der Waals surface area (Å²) in [6, 6.07) is 8.07. The molecule has 0 unspecified atom stereocenters. The summed E-state index contributed by atoms with van der Waals surface area (Å²) in [6.45, 7) is 6.43. The first kappa shape index (κ1) is 31.6. The van der Waals surface area contributed by atoms with Crippen molar-refractivity contribution in [3.05, 3.63) is 69.8 Å². The summed E-state index contributed by atoms with van der Waals surface area (Å²) < 4.78 is 10.2. The molecule has 2 saturated carbocycles. The van der Waals surface area contributed by atoms with Gasteiger partial charge in [-0.1, -0.05) is 33.6 Å². The first-order chi connectivity index (χ1) is 21.9. The van der Waals surface area contributed by atoms with Crippen molar-refractivity contribution in [2.24, 2.45) is 23.2 Å². The van der Waals surface area contributed by atoms with Crippen LogP contribution in [0.3, 0.4) is 0 Å². The van der Waals surface area contributed by atoms with Crippen LogP contribution in [0.25, 0.3) is 0 Å². The number of nitrogens with zero attached hydrogens (tertiary/aromatic N) is 2. The Hall–Kier alpha value is -4.34. The van der Waals surface area contributed by atoms with Crippen LogP contribution in [0.1, 0.15) is 134 Å². The smallest absolute Gasteiger partial charge is 0.341 e. The van der Waals surface area contributed by atoms with Gasteiger partial charge in [0.1, 0.15) is 0 Å². The summed E-state index contributed by atoms with van der Waals surface area (Å²) in [7, 11) is 1.35. The Morgan fingerprint density at radius 2 is 1.11 bits per heavy atom. The second kappa shape index (κ2) is 12.1. The number of imide groups is 2. The van der Waals surface area contributed by atoms with Gasteiger partial charge in [0.25, 0.3) is 23.6 Å². The lowest BCUT2D eigenvalue weighted by Crippen LogP contribution is -2.44. The van der Waals surface area contributed by atoms with Gasteiger partial charge in [-0.2, -0.15) is 0 Å². The SMILES string of the molecule is CC1CCC(C(C)(C)C2CCC(N3C(=O)c4ccc(C(=O)OCOC(=O)c5ccc6c(c5)C(=O)N(C)C6=O)cc4C3=O)CC2)CC1. The van der Waals surface area contributed by atoms with Gasteiger partial charge in [0, 0.05) is 13.1 Å². The number of hydrogen-bond donors (Lipinski definition) is 0. The molecule has 10 nitrogen and oxygen atoms in total. The van der Waals surface area contributed by atoms with E-state index in [-0.39, 0.29) is 50.7 Å². The maximum Gasteiger partial charge on any atom is 0.341 e. The molecule has 2 aliphatic heterocycles. The van der Waals surface area contributed by atoms with E-state index in [0.29, 0.717) is 11.8 Å². The van der Waals surface area contributed by atoms with Gasteiger partial charge >= 0.3 is 11.9 Å². The zero-order chi connectivity index (χ0) is 32.9. The number of carbonyl (C=O) groups is 6. The predicted octanol–water partition coefficient (Wildman–Crippen LogP) is 5.89. The van der Waals surface area contributed by atoms with E-state index in [1.807, 2.05) is 0 Å². The van der Waals surface area contributed by atoms with Crippen molar-refractivity contribution in [2.45, 2.75) is 78.2 Å². The molecule has 2 aliphatic carbocycles. The fourth-order valence-electron chi connectivity index (χ4n) is 7.92. The van der Waals surface area contributed by atoms with Gasteiger partial charge in [0.15, 0.2) is 0 Å². The Kier molecular flexibility index (Phi) is 8.33. The average molecular weight is 629 g/mol. The van der Waals surface area contributed by atoms with E-state index in [2.05, 4.69) is 20.8 Å². The van der Waals surface area contributed by atoms with Crippen LogP contribution in [0.2, 0.25) is 0 Å². The minimum absolute atomic E-state index is 0.0224. The molecule has 2 aromatic carbocycles. The first-order valence-corrected chi connectivity index (χ1v) is 16.2. The fourth-order valence-corrected chi connectivity index (χ4v) is 7.92. The Morgan fingerprint density at radius 1 is 0.674 bits per heavy atom. The lowest BCUT2D eigenvalue weighted by Gasteiger charge is -2.47. The standard InChI is InChI=1S/C36H40N2O8/c1-20-5-9-23(10-6-20)36(2,3)24-11-13-25(14-12-24)38-32(41)27-16-8-22(18-29(27)33(38)42)35(44)46-19-45-34(43)21-7-15-26-28(17-21)31(40)37(4)30(26)39/h7-8,15-18,20,23-25H,5-6,9-14,19H2,1-4H3. The van der Waals surface area contributed by atoms with Gasteiger partial charge in [0.05, 0.1) is 33.4 Å². The monoisotopic (exact) mass is 628 g/mol. The predicted molar refractivity (Wildman–Crippen MR) is 166 cm³/mol. The van der Waals surface area contributed by atoms with E-state index < -0.39 is 36.5 Å². The molecular formula is C36H40N2O8. The van der Waals surface area contributed by atoms with E-state index >= 15 is 0 Å². The van der Waals surface area contributed by atoms with Gasteiger partial charge in [-0.25, -0.2) is 9.59 Å². The Morgan fingerprint density at radius 3 is 1.65 bits per heavy atom. The van der Waals surface area contributed by atoms with Gasteiger partial charge in [-0.05, 0) is 98.1 Å². The van der Waals surface area contributed by atoms with Crippen molar-refractivity contribution in [2.75, 3.05) is 13.8 Å². The van der Waals surface area contributed by atoms with Gasteiger partial charge in [0.2, 0.25) is 6.79 Å². The molecule has 10 heteroatoms. The van der Waals surface area contributed by atoms with E-state index in [1.165, 1.54) is 74.0 Å². The van der Waals surface area contributed by atoms with E-state index in [0.717, 1.165) is 36.5 Å². The number of ether oxygens (including phenoxy) is 2. The van der Waals surface area contributed by atoms with Gasteiger partial charge in [-0.15, -0.1) is 0 Å². The molecule has 0 saturated heterocycles. The van der Waals surface area contributed by atoms with E-state index in [4.69, 9.17) is 9.47 Å². The third-order valence-electron chi connectivity index (χ3n) is 11.0. The topological polar surface area (TPSA) is 127 Å². The van der Waals surface area contributed by atoms with Crippen LogP contribution in [0.15, 0.2) is 36.4 Å². The number of fused-ring (bicyclic) bond motifs is 2. The Labute approximate surface area is 268 Å². The molecule has 6 rings (SSSR count). The van der Waals surface area contributed by atoms with Gasteiger partial charge < -0.3 is 9.47 Å². The third-order valence-corrected chi connectivity index (χ3v) is 11.0. The zero-order valence-corrected chi connectivity index (χ0v) is 26.8. The summed E-state index contributed by atoms with van der Waals surface area (Å²) in [6.07, 6.45) is 8.63. The highest BCUT2D eigenvalue weighted by molar-refractivity contribution is 6.22. The molecule has 0 bridgehead atoms. The van der Waals surface area contributed by atoms with Crippen molar-refractivity contribution >= 4 is 35.6 Å². The third kappa shape index (κ3) is 5.52. The average Bonchev–Trinajstić information content (AvgIpc) is 3.43. The maximum atomic E-state index is 13.5. The lowest BCUT2D eigenvalue weighted by atomic mass is 9.60. The molecule has 4 amide bonds. The second-order valence-corrected chi connectivity index (χ2v) is 13.9. The lowest BCUT2D eigenvalue weighted by molar-refractivity contribution is -0.0167. The van der Waals surface area contributed by atoms with Crippen molar-refractivity contribution in [1.29, 1.82) is 0 Å². The van der Waals surface area contributed by atoms with Crippen molar-refractivity contribution < 1.29 is 38.2 Å². The molecular weight excluding hydrogens is 588 g/mol. The Balaban J connectivity index is 1.04. The number of benzene rings is 2. The molecule has 2 heterocycles. The van der Waals surface area contributed by atoms with Crippen LogP contribution in [0.4, 0.5) is 0 Å². The van der Waals surface area contributed by atoms with Crippen molar-refractivity contribution in [3.8, 4) is 0 Å². The first-order valence-electron chi connectivity index (χ1n) is 16.2. The normalized spacial score (nSPS) is 24.6. The van der Waals surface area contributed by atoms with Crippen LogP contribution >= 0.6 is 0 Å². The fraction of sp³-hybridized carbons (Fsp3) is 0.500. The van der Waals surface area contributed by atoms with Crippen molar-refractivity contribution in [1.82, 2.24) is 9.80 Å². The number of rotatable bonds is 7. The zero-order valence-electron chi connectivity index (χ0n) is 26.8. The van der Waals surface area contributed by atoms with Crippen LogP contribution in [0, 0.1) is 23.2 Å². The number of esters is 2. The van der Waals surface area contributed by atoms with E-state index in [9.17, 15) is 28.8 Å². The number of hydrogen-bond acceptors (Lipinski definition) is 8. The summed E-state index contributed by atoms with van der Waals surface area (Å²) in [5, 5.41) is 0. The summed E-state index contributed by atoms with van der Waals surface area (Å²) in [4.78, 5) is 78.7. The highest BCUT2D eigenvalue weighted by atomic mass is 16.7. The highest BCUT2D eigenvalue weighted by Gasteiger charge is 2.45. The molecule has 2 aromatic rings. The minimum Gasteiger partial charge on any atom is -0.424 e. The highest BCUT2D eigenvalue weighted by Crippen LogP contribution is 2.49. The second-order valence-electron chi connectivity index (χ2n) is 13.9. The Bertz CT molecular complexity index is 1630. The van der Waals surface area contributed by atoms with Crippen molar-refractivity contribution in [3.63, 3.8) is 0 Å². The largest absolute Gasteiger partial charge is 0.424 e. The van der Waals surface area contributed by atoms with Crippen LogP contribution in [0.5, 0.6) is 0 Å². The number of amides is 4. The summed E-state index contributed by atoms with van der Waals surface area (Å²) in [5.74, 6) is -1.31. The molecule has 0 aromatic heterocycles. The van der Waals surface area contributed by atoms with Crippen LogP contribution in [-0.4, -0.2) is 65.2 Å². The van der Waals surface area contributed by atoms with E-state index in [1.54, 1.807) is 0 Å². The van der Waals surface area contributed by atoms with Crippen LogP contribution in [-0.2, 0) is 9.47 Å². The molecule has 4 aliphatic rings. The molecule has 0 atom stereocenters. The molecule has 46 heavy (non-hydrogen) atoms. The summed E-state index contributed by atoms with van der Waals surface area (Å²) >= 11 is 0. The molecule has 0 N–H and O–H groups in total. The molecule has 2 fully saturated rings. The minimum atomic E-state index is -0.845.